The molecule has 0 radical (unpaired) electrons. The molecule has 1 aromatic heterocycles. The number of nitrogens with one attached hydrogen (secondary N) is 1. The molecule has 0 aliphatic carbocycles. The number of anilines is 1. The number of amides is 1. The first-order valence-corrected chi connectivity index (χ1v) is 8.46. The lowest BCUT2D eigenvalue weighted by atomic mass is 10.1. The minimum Gasteiger partial charge on any atom is -0.497 e. The minimum atomic E-state index is -4.46. The highest BCUT2D eigenvalue weighted by Crippen LogP contribution is 2.29. The van der Waals surface area contributed by atoms with Crippen molar-refractivity contribution in [1.29, 1.82) is 0 Å². The van der Waals surface area contributed by atoms with E-state index in [4.69, 9.17) is 4.74 Å². The summed E-state index contributed by atoms with van der Waals surface area (Å²) in [6.45, 7) is -0.385. The number of alkyl halides is 3. The van der Waals surface area contributed by atoms with Crippen molar-refractivity contribution in [2.24, 2.45) is 0 Å². The molecule has 0 aliphatic rings. The summed E-state index contributed by atoms with van der Waals surface area (Å²) in [5.41, 5.74) is 0.0880. The third-order valence-corrected chi connectivity index (χ3v) is 4.04. The van der Waals surface area contributed by atoms with E-state index in [1.54, 1.807) is 31.4 Å². The maximum atomic E-state index is 12.6. The molecule has 0 fully saturated rings. The molecular weight excluding hydrogens is 387 g/mol. The fourth-order valence-electron chi connectivity index (χ4n) is 2.56. The second-order valence-corrected chi connectivity index (χ2v) is 6.07. The maximum absolute atomic E-state index is 12.6. The summed E-state index contributed by atoms with van der Waals surface area (Å²) in [7, 11) is 1.54. The van der Waals surface area contributed by atoms with Crippen LogP contribution in [0, 0.1) is 0 Å². The van der Waals surface area contributed by atoms with E-state index in [2.05, 4.69) is 10.4 Å². The molecule has 1 N–H and O–H groups in total. The summed E-state index contributed by atoms with van der Waals surface area (Å²) < 4.78 is 43.9. The summed E-state index contributed by atoms with van der Waals surface area (Å²) in [5, 5.41) is 6.63. The minimum absolute atomic E-state index is 0.183. The molecule has 2 aromatic carbocycles. The van der Waals surface area contributed by atoms with Crippen LogP contribution < -0.4 is 15.6 Å². The quantitative estimate of drug-likeness (QED) is 0.707. The van der Waals surface area contributed by atoms with Crippen molar-refractivity contribution < 1.29 is 22.7 Å². The predicted molar refractivity (Wildman–Crippen MR) is 101 cm³/mol. The molecule has 0 saturated carbocycles. The highest BCUT2D eigenvalue weighted by atomic mass is 19.4. The van der Waals surface area contributed by atoms with E-state index >= 15 is 0 Å². The molecule has 0 atom stereocenters. The van der Waals surface area contributed by atoms with E-state index in [1.807, 2.05) is 0 Å². The molecule has 0 bridgehead atoms. The van der Waals surface area contributed by atoms with E-state index in [0.29, 0.717) is 11.4 Å². The van der Waals surface area contributed by atoms with Gasteiger partial charge in [-0.05, 0) is 54.6 Å². The molecule has 1 heterocycles. The molecule has 0 spiro atoms. The molecule has 6 nitrogen and oxygen atoms in total. The van der Waals surface area contributed by atoms with Crippen LogP contribution in [0.4, 0.5) is 18.9 Å². The number of nitrogens with zero attached hydrogens (tertiary/aromatic N) is 2. The van der Waals surface area contributed by atoms with Crippen LogP contribution in [-0.4, -0.2) is 22.8 Å². The summed E-state index contributed by atoms with van der Waals surface area (Å²) in [4.78, 5) is 24.2. The van der Waals surface area contributed by atoms with Gasteiger partial charge in [0, 0.05) is 17.3 Å². The van der Waals surface area contributed by atoms with Crippen LogP contribution in [0.25, 0.3) is 11.3 Å². The smallest absolute Gasteiger partial charge is 0.416 e. The van der Waals surface area contributed by atoms with Crippen LogP contribution in [0.1, 0.15) is 5.56 Å². The highest BCUT2D eigenvalue weighted by molar-refractivity contribution is 5.90. The Balaban J connectivity index is 1.73. The largest absolute Gasteiger partial charge is 0.497 e. The number of hydrogen-bond donors (Lipinski definition) is 1. The van der Waals surface area contributed by atoms with Gasteiger partial charge in [0.25, 0.3) is 5.56 Å². The Morgan fingerprint density at radius 3 is 2.28 bits per heavy atom. The number of rotatable bonds is 5. The van der Waals surface area contributed by atoms with E-state index < -0.39 is 23.2 Å². The number of methoxy groups -OCH3 is 1. The van der Waals surface area contributed by atoms with Gasteiger partial charge in [0.2, 0.25) is 5.91 Å². The first-order chi connectivity index (χ1) is 13.8. The topological polar surface area (TPSA) is 73.2 Å². The Hall–Kier alpha value is -3.62. The molecule has 1 amide bonds. The van der Waals surface area contributed by atoms with Gasteiger partial charge in [-0.3, -0.25) is 9.59 Å². The van der Waals surface area contributed by atoms with Gasteiger partial charge in [-0.25, -0.2) is 4.68 Å². The van der Waals surface area contributed by atoms with Gasteiger partial charge in [0.1, 0.15) is 12.3 Å². The van der Waals surface area contributed by atoms with Gasteiger partial charge < -0.3 is 10.1 Å². The number of aromatic nitrogens is 2. The summed E-state index contributed by atoms with van der Waals surface area (Å²) in [6, 6.07) is 13.8. The zero-order chi connectivity index (χ0) is 21.0. The predicted octanol–water partition coefficient (Wildman–Crippen LogP) is 3.58. The Labute approximate surface area is 163 Å². The monoisotopic (exact) mass is 403 g/mol. The Kier molecular flexibility index (Phi) is 5.67. The van der Waals surface area contributed by atoms with Gasteiger partial charge in [-0.2, -0.15) is 18.3 Å². The van der Waals surface area contributed by atoms with Gasteiger partial charge in [0.15, 0.2) is 0 Å². The van der Waals surface area contributed by atoms with E-state index in [9.17, 15) is 22.8 Å². The number of carbonyl (C=O) groups excluding carboxylic acids is 1. The third kappa shape index (κ3) is 5.01. The van der Waals surface area contributed by atoms with Gasteiger partial charge in [-0.1, -0.05) is 0 Å². The van der Waals surface area contributed by atoms with Crippen LogP contribution in [0.3, 0.4) is 0 Å². The fourth-order valence-corrected chi connectivity index (χ4v) is 2.56. The van der Waals surface area contributed by atoms with E-state index in [-0.39, 0.29) is 12.2 Å². The van der Waals surface area contributed by atoms with Gasteiger partial charge >= 0.3 is 6.18 Å². The molecule has 0 unspecified atom stereocenters. The Bertz CT molecular complexity index is 1060. The Morgan fingerprint density at radius 1 is 1.03 bits per heavy atom. The molecular formula is C20H16F3N3O3. The highest BCUT2D eigenvalue weighted by Gasteiger charge is 2.30. The van der Waals surface area contributed by atoms with Crippen LogP contribution >= 0.6 is 0 Å². The van der Waals surface area contributed by atoms with Crippen LogP contribution in [0.5, 0.6) is 5.75 Å². The molecule has 9 heteroatoms. The van der Waals surface area contributed by atoms with Crippen molar-refractivity contribution in [1.82, 2.24) is 9.78 Å². The zero-order valence-corrected chi connectivity index (χ0v) is 15.2. The SMILES string of the molecule is COc1ccc(-c2ccc(=O)n(CC(=O)Nc3ccc(C(F)(F)F)cc3)n2)cc1. The summed E-state index contributed by atoms with van der Waals surface area (Å²) in [5.74, 6) is 0.0734. The lowest BCUT2D eigenvalue weighted by Crippen LogP contribution is -2.29. The average Bonchev–Trinajstić information content (AvgIpc) is 2.69. The molecule has 29 heavy (non-hydrogen) atoms. The van der Waals surface area contributed by atoms with Crippen LogP contribution in [0.15, 0.2) is 65.5 Å². The molecule has 0 saturated heterocycles. The standard InChI is InChI=1S/C20H16F3N3O3/c1-29-16-8-2-13(3-9-16)17-10-11-19(28)26(25-17)12-18(27)24-15-6-4-14(5-7-15)20(21,22)23/h2-11H,12H2,1H3,(H,24,27). The van der Waals surface area contributed by atoms with Gasteiger partial charge in [0.05, 0.1) is 18.4 Å². The number of halogens is 3. The van der Waals surface area contributed by atoms with Gasteiger partial charge in [-0.15, -0.1) is 0 Å². The zero-order valence-electron chi connectivity index (χ0n) is 15.2. The van der Waals surface area contributed by atoms with E-state index in [1.165, 1.54) is 12.1 Å². The summed E-state index contributed by atoms with van der Waals surface area (Å²) >= 11 is 0. The van der Waals surface area contributed by atoms with Crippen LogP contribution in [-0.2, 0) is 17.5 Å². The lowest BCUT2D eigenvalue weighted by molar-refractivity contribution is -0.137. The first kappa shape index (κ1) is 20.1. The second-order valence-electron chi connectivity index (χ2n) is 6.07. The molecule has 150 valence electrons. The first-order valence-electron chi connectivity index (χ1n) is 8.46. The normalized spacial score (nSPS) is 11.2. The lowest BCUT2D eigenvalue weighted by Gasteiger charge is -2.10. The van der Waals surface area contributed by atoms with Crippen molar-refractivity contribution in [3.63, 3.8) is 0 Å². The van der Waals surface area contributed by atoms with Crippen LogP contribution in [0.2, 0.25) is 0 Å². The van der Waals surface area contributed by atoms with Crippen molar-refractivity contribution in [3.05, 3.63) is 76.6 Å². The second kappa shape index (κ2) is 8.17. The summed E-state index contributed by atoms with van der Waals surface area (Å²) in [6.07, 6.45) is -4.46. The number of hydrogen-bond acceptors (Lipinski definition) is 4. The average molecular weight is 403 g/mol. The number of carbonyl (C=O) groups is 1. The van der Waals surface area contributed by atoms with Crippen molar-refractivity contribution >= 4 is 11.6 Å². The molecule has 3 aromatic rings. The third-order valence-electron chi connectivity index (χ3n) is 4.04. The van der Waals surface area contributed by atoms with Crippen molar-refractivity contribution in [3.8, 4) is 17.0 Å². The maximum Gasteiger partial charge on any atom is 0.416 e. The van der Waals surface area contributed by atoms with Crippen molar-refractivity contribution in [2.75, 3.05) is 12.4 Å². The number of ether oxygens (including phenoxy) is 1. The molecule has 3 rings (SSSR count). The number of benzene rings is 2. The molecule has 0 aliphatic heterocycles. The van der Waals surface area contributed by atoms with E-state index in [0.717, 1.165) is 34.5 Å². The Morgan fingerprint density at radius 2 is 1.69 bits per heavy atom. The van der Waals surface area contributed by atoms with Crippen molar-refractivity contribution in [2.45, 2.75) is 12.7 Å². The fraction of sp³-hybridized carbons (Fsp3) is 0.150.